The molecule has 0 aliphatic heterocycles. The standard InChI is InChI=1S/C12H23NO3/c1-7(2)6-10(15)11(8(3)4)13-12(16)9(5)14/h7-9,11,14H,6H2,1-5H3,(H,13,16)/t9-,11-/m0/s1. The minimum absolute atomic E-state index is 0.0269. The van der Waals surface area contributed by atoms with Crippen LogP contribution in [0.2, 0.25) is 0 Å². The number of aliphatic hydroxyl groups is 1. The van der Waals surface area contributed by atoms with Crippen LogP contribution in [0.25, 0.3) is 0 Å². The normalized spacial score (nSPS) is 15.0. The van der Waals surface area contributed by atoms with E-state index in [2.05, 4.69) is 5.32 Å². The van der Waals surface area contributed by atoms with Gasteiger partial charge in [-0.2, -0.15) is 0 Å². The van der Waals surface area contributed by atoms with E-state index in [4.69, 9.17) is 5.11 Å². The van der Waals surface area contributed by atoms with Gasteiger partial charge in [0.1, 0.15) is 6.10 Å². The zero-order valence-electron chi connectivity index (χ0n) is 10.8. The fourth-order valence-corrected chi connectivity index (χ4v) is 1.42. The lowest BCUT2D eigenvalue weighted by molar-refractivity contribution is -0.133. The first-order valence-electron chi connectivity index (χ1n) is 5.76. The summed E-state index contributed by atoms with van der Waals surface area (Å²) in [6.45, 7) is 9.08. The number of hydrogen-bond acceptors (Lipinski definition) is 3. The second-order valence-electron chi connectivity index (χ2n) is 4.97. The fourth-order valence-electron chi connectivity index (χ4n) is 1.42. The van der Waals surface area contributed by atoms with Crippen molar-refractivity contribution in [1.82, 2.24) is 5.32 Å². The molecular formula is C12H23NO3. The van der Waals surface area contributed by atoms with Crippen LogP contribution < -0.4 is 5.32 Å². The van der Waals surface area contributed by atoms with Crippen molar-refractivity contribution >= 4 is 11.7 Å². The Kier molecular flexibility index (Phi) is 6.26. The van der Waals surface area contributed by atoms with Crippen molar-refractivity contribution in [2.24, 2.45) is 11.8 Å². The highest BCUT2D eigenvalue weighted by atomic mass is 16.3. The molecule has 0 fully saturated rings. The molecule has 1 amide bonds. The number of aliphatic hydroxyl groups excluding tert-OH is 1. The summed E-state index contributed by atoms with van der Waals surface area (Å²) in [4.78, 5) is 23.2. The lowest BCUT2D eigenvalue weighted by Crippen LogP contribution is -2.47. The third-order valence-electron chi connectivity index (χ3n) is 2.30. The highest BCUT2D eigenvalue weighted by molar-refractivity contribution is 5.90. The van der Waals surface area contributed by atoms with Crippen molar-refractivity contribution in [2.75, 3.05) is 0 Å². The molecule has 0 unspecified atom stereocenters. The van der Waals surface area contributed by atoms with Gasteiger partial charge in [0.15, 0.2) is 5.78 Å². The number of carbonyl (C=O) groups is 2. The van der Waals surface area contributed by atoms with Gasteiger partial charge < -0.3 is 10.4 Å². The summed E-state index contributed by atoms with van der Waals surface area (Å²) >= 11 is 0. The van der Waals surface area contributed by atoms with E-state index in [1.54, 1.807) is 0 Å². The summed E-state index contributed by atoms with van der Waals surface area (Å²) in [5.74, 6) is -0.152. The maximum Gasteiger partial charge on any atom is 0.249 e. The Bertz CT molecular complexity index is 247. The van der Waals surface area contributed by atoms with Crippen LogP contribution in [0, 0.1) is 11.8 Å². The topological polar surface area (TPSA) is 66.4 Å². The van der Waals surface area contributed by atoms with Gasteiger partial charge >= 0.3 is 0 Å². The molecular weight excluding hydrogens is 206 g/mol. The summed E-state index contributed by atoms with van der Waals surface area (Å²) in [7, 11) is 0. The molecule has 0 spiro atoms. The zero-order valence-corrected chi connectivity index (χ0v) is 10.8. The van der Waals surface area contributed by atoms with Crippen LogP contribution in [0.5, 0.6) is 0 Å². The molecule has 16 heavy (non-hydrogen) atoms. The third kappa shape index (κ3) is 5.26. The SMILES string of the molecule is CC(C)CC(=O)[C@@H](NC(=O)[C@H](C)O)C(C)C. The smallest absolute Gasteiger partial charge is 0.249 e. The number of hydrogen-bond donors (Lipinski definition) is 2. The van der Waals surface area contributed by atoms with Crippen LogP contribution in [0.4, 0.5) is 0 Å². The van der Waals surface area contributed by atoms with Gasteiger partial charge in [0.05, 0.1) is 6.04 Å². The number of amides is 1. The Labute approximate surface area is 97.4 Å². The highest BCUT2D eigenvalue weighted by Crippen LogP contribution is 2.10. The highest BCUT2D eigenvalue weighted by Gasteiger charge is 2.25. The molecule has 0 radical (unpaired) electrons. The van der Waals surface area contributed by atoms with E-state index in [1.165, 1.54) is 6.92 Å². The van der Waals surface area contributed by atoms with Crippen molar-refractivity contribution in [1.29, 1.82) is 0 Å². The van der Waals surface area contributed by atoms with Gasteiger partial charge in [-0.05, 0) is 18.8 Å². The monoisotopic (exact) mass is 229 g/mol. The Hall–Kier alpha value is -0.900. The molecule has 0 aromatic rings. The summed E-state index contributed by atoms with van der Waals surface area (Å²) in [6, 6.07) is -0.496. The lowest BCUT2D eigenvalue weighted by Gasteiger charge is -2.22. The molecule has 0 saturated carbocycles. The first kappa shape index (κ1) is 15.1. The summed E-state index contributed by atoms with van der Waals surface area (Å²) in [6.07, 6.45) is -0.628. The van der Waals surface area contributed by atoms with E-state index < -0.39 is 18.1 Å². The maximum absolute atomic E-state index is 11.9. The van der Waals surface area contributed by atoms with Crippen LogP contribution in [0.1, 0.15) is 41.0 Å². The number of ketones is 1. The molecule has 4 heteroatoms. The largest absolute Gasteiger partial charge is 0.384 e. The average molecular weight is 229 g/mol. The summed E-state index contributed by atoms with van der Waals surface area (Å²) in [5.41, 5.74) is 0. The molecule has 0 aromatic carbocycles. The van der Waals surface area contributed by atoms with Gasteiger partial charge in [-0.15, -0.1) is 0 Å². The Balaban J connectivity index is 4.50. The maximum atomic E-state index is 11.9. The first-order valence-corrected chi connectivity index (χ1v) is 5.76. The molecule has 2 N–H and O–H groups in total. The molecule has 4 nitrogen and oxygen atoms in total. The minimum Gasteiger partial charge on any atom is -0.384 e. The van der Waals surface area contributed by atoms with E-state index in [9.17, 15) is 9.59 Å². The van der Waals surface area contributed by atoms with Crippen LogP contribution in [-0.4, -0.2) is 28.9 Å². The molecule has 0 aromatic heterocycles. The van der Waals surface area contributed by atoms with E-state index in [1.807, 2.05) is 27.7 Å². The van der Waals surface area contributed by atoms with Crippen LogP contribution >= 0.6 is 0 Å². The summed E-state index contributed by atoms with van der Waals surface area (Å²) < 4.78 is 0. The number of rotatable bonds is 6. The van der Waals surface area contributed by atoms with Gasteiger partial charge in [-0.25, -0.2) is 0 Å². The van der Waals surface area contributed by atoms with Crippen LogP contribution in [0.3, 0.4) is 0 Å². The van der Waals surface area contributed by atoms with Crippen molar-refractivity contribution in [3.05, 3.63) is 0 Å². The Morgan fingerprint density at radius 3 is 1.94 bits per heavy atom. The number of nitrogens with one attached hydrogen (secondary N) is 1. The zero-order chi connectivity index (χ0) is 12.9. The van der Waals surface area contributed by atoms with Crippen molar-refractivity contribution in [2.45, 2.75) is 53.2 Å². The fraction of sp³-hybridized carbons (Fsp3) is 0.833. The molecule has 0 aliphatic rings. The van der Waals surface area contributed by atoms with E-state index >= 15 is 0 Å². The Morgan fingerprint density at radius 2 is 1.62 bits per heavy atom. The van der Waals surface area contributed by atoms with Crippen LogP contribution in [-0.2, 0) is 9.59 Å². The Morgan fingerprint density at radius 1 is 1.12 bits per heavy atom. The van der Waals surface area contributed by atoms with Gasteiger partial charge in [-0.1, -0.05) is 27.7 Å². The van der Waals surface area contributed by atoms with E-state index in [0.29, 0.717) is 6.42 Å². The molecule has 0 aliphatic carbocycles. The van der Waals surface area contributed by atoms with Crippen LogP contribution in [0.15, 0.2) is 0 Å². The molecule has 94 valence electrons. The van der Waals surface area contributed by atoms with Crippen molar-refractivity contribution in [3.8, 4) is 0 Å². The number of Topliss-reactive ketones (excluding diaryl/α,β-unsaturated/α-hetero) is 1. The third-order valence-corrected chi connectivity index (χ3v) is 2.30. The molecule has 0 saturated heterocycles. The lowest BCUT2D eigenvalue weighted by atomic mass is 9.94. The molecule has 0 rings (SSSR count). The molecule has 2 atom stereocenters. The first-order chi connectivity index (χ1) is 7.25. The molecule has 0 bridgehead atoms. The van der Waals surface area contributed by atoms with Crippen molar-refractivity contribution < 1.29 is 14.7 Å². The van der Waals surface area contributed by atoms with Gasteiger partial charge in [0.2, 0.25) is 5.91 Å². The molecule has 0 heterocycles. The van der Waals surface area contributed by atoms with Crippen molar-refractivity contribution in [3.63, 3.8) is 0 Å². The van der Waals surface area contributed by atoms with Gasteiger partial charge in [0.25, 0.3) is 0 Å². The van der Waals surface area contributed by atoms with E-state index in [0.717, 1.165) is 0 Å². The summed E-state index contributed by atoms with van der Waals surface area (Å²) in [5, 5.41) is 11.7. The quantitative estimate of drug-likeness (QED) is 0.717. The predicted octanol–water partition coefficient (Wildman–Crippen LogP) is 1.12. The average Bonchev–Trinajstić information content (AvgIpc) is 2.11. The van der Waals surface area contributed by atoms with Gasteiger partial charge in [-0.3, -0.25) is 9.59 Å². The van der Waals surface area contributed by atoms with E-state index in [-0.39, 0.29) is 17.6 Å². The van der Waals surface area contributed by atoms with Gasteiger partial charge in [0, 0.05) is 6.42 Å². The number of carbonyl (C=O) groups excluding carboxylic acids is 2. The second kappa shape index (κ2) is 6.63. The predicted molar refractivity (Wildman–Crippen MR) is 62.9 cm³/mol. The second-order valence-corrected chi connectivity index (χ2v) is 4.97. The minimum atomic E-state index is -1.08.